The molecule has 0 saturated heterocycles. The Hall–Kier alpha value is -2.65. The smallest absolute Gasteiger partial charge is 0.262 e. The summed E-state index contributed by atoms with van der Waals surface area (Å²) in [6, 6.07) is 9.66. The molecule has 7 nitrogen and oxygen atoms in total. The molecule has 0 spiro atoms. The van der Waals surface area contributed by atoms with Crippen molar-refractivity contribution in [2.75, 3.05) is 24.5 Å². The van der Waals surface area contributed by atoms with Gasteiger partial charge >= 0.3 is 0 Å². The van der Waals surface area contributed by atoms with E-state index in [4.69, 9.17) is 4.42 Å². The predicted molar refractivity (Wildman–Crippen MR) is 109 cm³/mol. The molecule has 1 amide bonds. The summed E-state index contributed by atoms with van der Waals surface area (Å²) in [6.45, 7) is 1.75. The molecule has 2 heterocycles. The zero-order chi connectivity index (χ0) is 20.5. The molecule has 28 heavy (non-hydrogen) atoms. The van der Waals surface area contributed by atoms with Gasteiger partial charge in [-0.1, -0.05) is 0 Å². The lowest BCUT2D eigenvalue weighted by molar-refractivity contribution is 0.0988. The molecule has 0 fully saturated rings. The lowest BCUT2D eigenvalue weighted by Gasteiger charge is -2.20. The molecule has 146 valence electrons. The minimum absolute atomic E-state index is 0.198. The molecule has 2 aromatic heterocycles. The number of sulfone groups is 1. The van der Waals surface area contributed by atoms with Crippen LogP contribution in [0, 0.1) is 6.92 Å². The summed E-state index contributed by atoms with van der Waals surface area (Å²) in [5.41, 5.74) is 1.51. The van der Waals surface area contributed by atoms with E-state index in [9.17, 15) is 13.2 Å². The van der Waals surface area contributed by atoms with Crippen LogP contribution in [0.15, 0.2) is 57.0 Å². The van der Waals surface area contributed by atoms with Crippen molar-refractivity contribution < 1.29 is 17.6 Å². The van der Waals surface area contributed by atoms with Gasteiger partial charge in [-0.2, -0.15) is 0 Å². The molecular weight excluding hydrogens is 398 g/mol. The van der Waals surface area contributed by atoms with Gasteiger partial charge in [0.25, 0.3) is 5.91 Å². The second-order valence-corrected chi connectivity index (χ2v) is 8.94. The molecule has 0 radical (unpaired) electrons. The van der Waals surface area contributed by atoms with Crippen LogP contribution in [-0.4, -0.2) is 43.9 Å². The first-order chi connectivity index (χ1) is 13.2. The average Bonchev–Trinajstić information content (AvgIpc) is 3.20. The fraction of sp³-hybridized carbons (Fsp3) is 0.211. The number of amides is 1. The summed E-state index contributed by atoms with van der Waals surface area (Å²) in [6.07, 6.45) is 4.52. The topological polar surface area (TPSA) is 93.4 Å². The number of hydrogen-bond acceptors (Lipinski definition) is 7. The van der Waals surface area contributed by atoms with Crippen LogP contribution in [0.2, 0.25) is 0 Å². The number of anilines is 1. The van der Waals surface area contributed by atoms with E-state index in [2.05, 4.69) is 9.97 Å². The van der Waals surface area contributed by atoms with E-state index < -0.39 is 9.84 Å². The van der Waals surface area contributed by atoms with Crippen LogP contribution in [-0.2, 0) is 9.84 Å². The number of aryl methyl sites for hydroxylation is 1. The van der Waals surface area contributed by atoms with Crippen LogP contribution < -0.4 is 4.90 Å². The van der Waals surface area contributed by atoms with Crippen molar-refractivity contribution in [1.29, 1.82) is 0 Å². The number of hydrogen-bond donors (Lipinski definition) is 0. The largest absolute Gasteiger partial charge is 0.461 e. The van der Waals surface area contributed by atoms with E-state index in [1.807, 2.05) is 6.26 Å². The first kappa shape index (κ1) is 20.1. The van der Waals surface area contributed by atoms with Crippen LogP contribution in [0.1, 0.15) is 16.1 Å². The predicted octanol–water partition coefficient (Wildman–Crippen LogP) is 3.45. The highest BCUT2D eigenvalue weighted by Crippen LogP contribution is 2.27. The quantitative estimate of drug-likeness (QED) is 0.464. The summed E-state index contributed by atoms with van der Waals surface area (Å²) in [4.78, 5) is 23.7. The fourth-order valence-corrected chi connectivity index (χ4v) is 3.91. The van der Waals surface area contributed by atoms with Gasteiger partial charge in [0, 0.05) is 19.0 Å². The van der Waals surface area contributed by atoms with Gasteiger partial charge in [0.2, 0.25) is 0 Å². The van der Waals surface area contributed by atoms with Gasteiger partial charge in [-0.05, 0) is 49.6 Å². The number of thioether (sulfide) groups is 1. The molecule has 3 aromatic rings. The van der Waals surface area contributed by atoms with Crippen LogP contribution >= 0.6 is 11.8 Å². The SMILES string of the molecule is CSc1nc(-c2ccco2)nc(C)c1C(=O)N(C)c1ccc(S(C)(=O)=O)cc1. The zero-order valence-corrected chi connectivity index (χ0v) is 17.5. The molecule has 0 aliphatic heterocycles. The Morgan fingerprint density at radius 3 is 2.36 bits per heavy atom. The summed E-state index contributed by atoms with van der Waals surface area (Å²) >= 11 is 1.35. The number of furan rings is 1. The molecular formula is C19H19N3O4S2. The number of nitrogens with zero attached hydrogens (tertiary/aromatic N) is 3. The lowest BCUT2D eigenvalue weighted by Crippen LogP contribution is -2.28. The Morgan fingerprint density at radius 2 is 1.82 bits per heavy atom. The van der Waals surface area contributed by atoms with Crippen LogP contribution in [0.25, 0.3) is 11.6 Å². The standard InChI is InChI=1S/C19H19N3O4S2/c1-12-16(18(27-3)21-17(20-12)15-6-5-11-26-15)19(23)22(2)13-7-9-14(10-8-13)28(4,24)25/h5-11H,1-4H3. The molecule has 0 bridgehead atoms. The first-order valence-electron chi connectivity index (χ1n) is 8.27. The summed E-state index contributed by atoms with van der Waals surface area (Å²) in [5.74, 6) is 0.672. The molecule has 9 heteroatoms. The van der Waals surface area contributed by atoms with Gasteiger partial charge in [0.05, 0.1) is 22.4 Å². The van der Waals surface area contributed by atoms with Crippen LogP contribution in [0.3, 0.4) is 0 Å². The van der Waals surface area contributed by atoms with Crippen molar-refractivity contribution in [3.8, 4) is 11.6 Å². The molecule has 0 atom stereocenters. The summed E-state index contributed by atoms with van der Waals surface area (Å²) < 4.78 is 28.6. The van der Waals surface area contributed by atoms with E-state index in [-0.39, 0.29) is 10.8 Å². The second-order valence-electron chi connectivity index (χ2n) is 6.12. The molecule has 0 unspecified atom stereocenters. The van der Waals surface area contributed by atoms with E-state index in [1.165, 1.54) is 28.8 Å². The van der Waals surface area contributed by atoms with Gasteiger partial charge in [-0.3, -0.25) is 4.79 Å². The summed E-state index contributed by atoms with van der Waals surface area (Å²) in [7, 11) is -1.67. The monoisotopic (exact) mass is 417 g/mol. The number of aromatic nitrogens is 2. The number of rotatable bonds is 5. The molecule has 0 N–H and O–H groups in total. The lowest BCUT2D eigenvalue weighted by atomic mass is 10.2. The number of carbonyl (C=O) groups excluding carboxylic acids is 1. The maximum absolute atomic E-state index is 13.1. The highest BCUT2D eigenvalue weighted by molar-refractivity contribution is 7.98. The molecule has 0 saturated carbocycles. The van der Waals surface area contributed by atoms with E-state index >= 15 is 0 Å². The van der Waals surface area contributed by atoms with E-state index in [1.54, 1.807) is 44.5 Å². The van der Waals surface area contributed by atoms with E-state index in [0.717, 1.165) is 6.26 Å². The van der Waals surface area contributed by atoms with Gasteiger partial charge in [-0.15, -0.1) is 11.8 Å². The Labute approximate surface area is 167 Å². The maximum atomic E-state index is 13.1. The zero-order valence-electron chi connectivity index (χ0n) is 15.8. The first-order valence-corrected chi connectivity index (χ1v) is 11.4. The third-order valence-electron chi connectivity index (χ3n) is 4.16. The Balaban J connectivity index is 1.97. The highest BCUT2D eigenvalue weighted by Gasteiger charge is 2.23. The molecule has 0 aliphatic carbocycles. The van der Waals surface area contributed by atoms with E-state index in [0.29, 0.717) is 33.6 Å². The molecule has 3 rings (SSSR count). The Bertz CT molecular complexity index is 1110. The number of carbonyl (C=O) groups is 1. The Morgan fingerprint density at radius 1 is 1.14 bits per heavy atom. The molecule has 1 aromatic carbocycles. The molecule has 0 aliphatic rings. The number of benzene rings is 1. The average molecular weight is 418 g/mol. The second kappa shape index (κ2) is 7.76. The fourth-order valence-electron chi connectivity index (χ4n) is 2.66. The highest BCUT2D eigenvalue weighted by atomic mass is 32.2. The van der Waals surface area contributed by atoms with Gasteiger partial charge in [0.15, 0.2) is 21.4 Å². The minimum Gasteiger partial charge on any atom is -0.461 e. The third-order valence-corrected chi connectivity index (χ3v) is 5.97. The van der Waals surface area contributed by atoms with Crippen molar-refractivity contribution in [2.45, 2.75) is 16.8 Å². The van der Waals surface area contributed by atoms with Crippen molar-refractivity contribution in [3.05, 3.63) is 53.9 Å². The minimum atomic E-state index is -3.30. The van der Waals surface area contributed by atoms with Crippen molar-refractivity contribution >= 4 is 33.2 Å². The van der Waals surface area contributed by atoms with Gasteiger partial charge in [-0.25, -0.2) is 18.4 Å². The summed E-state index contributed by atoms with van der Waals surface area (Å²) in [5, 5.41) is 0.545. The van der Waals surface area contributed by atoms with Gasteiger partial charge in [0.1, 0.15) is 5.03 Å². The van der Waals surface area contributed by atoms with Crippen molar-refractivity contribution in [3.63, 3.8) is 0 Å². The van der Waals surface area contributed by atoms with Crippen molar-refractivity contribution in [2.24, 2.45) is 0 Å². The maximum Gasteiger partial charge on any atom is 0.262 e. The third kappa shape index (κ3) is 3.95. The van der Waals surface area contributed by atoms with Crippen molar-refractivity contribution in [1.82, 2.24) is 9.97 Å². The van der Waals surface area contributed by atoms with Gasteiger partial charge < -0.3 is 9.32 Å². The normalized spacial score (nSPS) is 11.4. The van der Waals surface area contributed by atoms with Crippen LogP contribution in [0.5, 0.6) is 0 Å². The Kier molecular flexibility index (Phi) is 5.57. The van der Waals surface area contributed by atoms with Crippen LogP contribution in [0.4, 0.5) is 5.69 Å².